The minimum absolute atomic E-state index is 0.130. The molecule has 106 valence electrons. The van der Waals surface area contributed by atoms with Gasteiger partial charge in [0.15, 0.2) is 0 Å². The number of nitrogens with one attached hydrogen (secondary N) is 1. The largest absolute Gasteiger partial charge is 0.349 e. The zero-order valence-corrected chi connectivity index (χ0v) is 13.8. The SMILES string of the molecule is CC(C)C(CCBr)NC(=O)c1c(F)cc(Br)cc1F. The molecule has 0 bridgehead atoms. The number of benzene rings is 1. The predicted molar refractivity (Wildman–Crippen MR) is 78.6 cm³/mol. The molecule has 0 saturated carbocycles. The van der Waals surface area contributed by atoms with Gasteiger partial charge in [-0.25, -0.2) is 8.78 Å². The van der Waals surface area contributed by atoms with Crippen LogP contribution < -0.4 is 5.32 Å². The van der Waals surface area contributed by atoms with Crippen molar-refractivity contribution in [3.63, 3.8) is 0 Å². The number of rotatable bonds is 5. The fraction of sp³-hybridized carbons (Fsp3) is 0.462. The van der Waals surface area contributed by atoms with E-state index in [1.165, 1.54) is 0 Å². The van der Waals surface area contributed by atoms with Crippen LogP contribution in [-0.2, 0) is 0 Å². The quantitative estimate of drug-likeness (QED) is 0.737. The Morgan fingerprint density at radius 2 is 1.84 bits per heavy atom. The van der Waals surface area contributed by atoms with Crippen LogP contribution in [0.3, 0.4) is 0 Å². The number of hydrogen-bond acceptors (Lipinski definition) is 1. The lowest BCUT2D eigenvalue weighted by Crippen LogP contribution is -2.39. The fourth-order valence-corrected chi connectivity index (χ4v) is 2.58. The first kappa shape index (κ1) is 16.6. The Morgan fingerprint density at radius 3 is 2.26 bits per heavy atom. The van der Waals surface area contributed by atoms with Crippen LogP contribution in [0.4, 0.5) is 8.78 Å². The van der Waals surface area contributed by atoms with Gasteiger partial charge in [-0.3, -0.25) is 4.79 Å². The minimum Gasteiger partial charge on any atom is -0.349 e. The van der Waals surface area contributed by atoms with Gasteiger partial charge in [-0.2, -0.15) is 0 Å². The van der Waals surface area contributed by atoms with Gasteiger partial charge in [0.2, 0.25) is 0 Å². The van der Waals surface area contributed by atoms with Crippen LogP contribution in [0.25, 0.3) is 0 Å². The molecule has 1 unspecified atom stereocenters. The first-order valence-corrected chi connectivity index (χ1v) is 7.79. The van der Waals surface area contributed by atoms with Crippen LogP contribution in [0.15, 0.2) is 16.6 Å². The Labute approximate surface area is 128 Å². The molecule has 1 rings (SSSR count). The van der Waals surface area contributed by atoms with E-state index in [9.17, 15) is 13.6 Å². The molecule has 6 heteroatoms. The molecule has 0 heterocycles. The van der Waals surface area contributed by atoms with E-state index in [1.807, 2.05) is 13.8 Å². The summed E-state index contributed by atoms with van der Waals surface area (Å²) < 4.78 is 27.6. The smallest absolute Gasteiger partial charge is 0.257 e. The van der Waals surface area contributed by atoms with Crippen molar-refractivity contribution in [2.45, 2.75) is 26.3 Å². The lowest BCUT2D eigenvalue weighted by Gasteiger charge is -2.21. The molecule has 0 aromatic heterocycles. The summed E-state index contributed by atoms with van der Waals surface area (Å²) in [4.78, 5) is 12.0. The van der Waals surface area contributed by atoms with E-state index in [2.05, 4.69) is 37.2 Å². The van der Waals surface area contributed by atoms with E-state index in [0.29, 0.717) is 11.8 Å². The Kier molecular flexibility index (Phi) is 6.39. The fourth-order valence-electron chi connectivity index (χ4n) is 1.69. The molecule has 1 amide bonds. The van der Waals surface area contributed by atoms with Crippen molar-refractivity contribution < 1.29 is 13.6 Å². The Bertz CT molecular complexity index is 443. The summed E-state index contributed by atoms with van der Waals surface area (Å²) in [5.74, 6) is -2.28. The number of hydrogen-bond donors (Lipinski definition) is 1. The van der Waals surface area contributed by atoms with Gasteiger partial charge >= 0.3 is 0 Å². The van der Waals surface area contributed by atoms with Gasteiger partial charge in [0.05, 0.1) is 0 Å². The third-order valence-electron chi connectivity index (χ3n) is 2.78. The third-order valence-corrected chi connectivity index (χ3v) is 3.69. The van der Waals surface area contributed by atoms with Crippen LogP contribution in [0.5, 0.6) is 0 Å². The van der Waals surface area contributed by atoms with Crippen LogP contribution in [0, 0.1) is 17.6 Å². The highest BCUT2D eigenvalue weighted by atomic mass is 79.9. The second-order valence-electron chi connectivity index (χ2n) is 4.55. The van der Waals surface area contributed by atoms with E-state index in [1.54, 1.807) is 0 Å². The second kappa shape index (κ2) is 7.33. The van der Waals surface area contributed by atoms with Crippen LogP contribution in [0.2, 0.25) is 0 Å². The van der Waals surface area contributed by atoms with Crippen LogP contribution in [0.1, 0.15) is 30.6 Å². The normalized spacial score (nSPS) is 12.6. The molecule has 19 heavy (non-hydrogen) atoms. The number of carbonyl (C=O) groups is 1. The lowest BCUT2D eigenvalue weighted by molar-refractivity contribution is 0.0916. The number of carbonyl (C=O) groups excluding carboxylic acids is 1. The predicted octanol–water partition coefficient (Wildman–Crippen LogP) is 4.27. The molecular formula is C13H15Br2F2NO. The number of alkyl halides is 1. The number of halogens is 4. The van der Waals surface area contributed by atoms with Crippen molar-refractivity contribution in [1.29, 1.82) is 0 Å². The van der Waals surface area contributed by atoms with Crippen LogP contribution >= 0.6 is 31.9 Å². The van der Waals surface area contributed by atoms with E-state index in [4.69, 9.17) is 0 Å². The van der Waals surface area contributed by atoms with Gasteiger partial charge in [-0.15, -0.1) is 0 Å². The minimum atomic E-state index is -0.870. The summed E-state index contributed by atoms with van der Waals surface area (Å²) in [5.41, 5.74) is -0.538. The third kappa shape index (κ3) is 4.53. The molecule has 2 nitrogen and oxygen atoms in total. The van der Waals surface area contributed by atoms with Gasteiger partial charge in [-0.1, -0.05) is 45.7 Å². The first-order valence-electron chi connectivity index (χ1n) is 5.88. The summed E-state index contributed by atoms with van der Waals surface area (Å²) in [5, 5.41) is 3.38. The molecule has 0 aliphatic rings. The molecule has 1 atom stereocenters. The topological polar surface area (TPSA) is 29.1 Å². The first-order chi connectivity index (χ1) is 8.86. The van der Waals surface area contributed by atoms with Crippen molar-refractivity contribution in [3.05, 3.63) is 33.8 Å². The molecular weight excluding hydrogens is 384 g/mol. The average Bonchev–Trinajstić information content (AvgIpc) is 2.26. The zero-order chi connectivity index (χ0) is 14.6. The highest BCUT2D eigenvalue weighted by Gasteiger charge is 2.22. The van der Waals surface area contributed by atoms with Crippen molar-refractivity contribution >= 4 is 37.8 Å². The molecule has 0 saturated heterocycles. The summed E-state index contributed by atoms with van der Waals surface area (Å²) in [6.07, 6.45) is 0.698. The summed E-state index contributed by atoms with van der Waals surface area (Å²) in [6.45, 7) is 3.89. The summed E-state index contributed by atoms with van der Waals surface area (Å²) >= 11 is 6.27. The molecule has 1 N–H and O–H groups in total. The summed E-state index contributed by atoms with van der Waals surface area (Å²) in [6, 6.07) is 2.02. The number of amides is 1. The van der Waals surface area contributed by atoms with Gasteiger partial charge < -0.3 is 5.32 Å². The average molecular weight is 399 g/mol. The van der Waals surface area contributed by atoms with E-state index >= 15 is 0 Å². The van der Waals surface area contributed by atoms with E-state index in [0.717, 1.165) is 12.1 Å². The zero-order valence-electron chi connectivity index (χ0n) is 10.6. The molecule has 0 radical (unpaired) electrons. The van der Waals surface area contributed by atoms with Gasteiger partial charge in [0.25, 0.3) is 5.91 Å². The Hall–Kier alpha value is -0.490. The molecule has 0 spiro atoms. The van der Waals surface area contributed by atoms with Gasteiger partial charge in [0, 0.05) is 15.8 Å². The standard InChI is InChI=1S/C13H15Br2F2NO/c1-7(2)11(3-4-14)18-13(19)12-9(16)5-8(15)6-10(12)17/h5-7,11H,3-4H2,1-2H3,(H,18,19). The highest BCUT2D eigenvalue weighted by molar-refractivity contribution is 9.10. The molecule has 0 fully saturated rings. The van der Waals surface area contributed by atoms with E-state index in [-0.39, 0.29) is 16.4 Å². The maximum Gasteiger partial charge on any atom is 0.257 e. The van der Waals surface area contributed by atoms with Crippen LogP contribution in [-0.4, -0.2) is 17.3 Å². The highest BCUT2D eigenvalue weighted by Crippen LogP contribution is 2.20. The van der Waals surface area contributed by atoms with Crippen molar-refractivity contribution in [1.82, 2.24) is 5.32 Å². The maximum atomic E-state index is 13.7. The van der Waals surface area contributed by atoms with Gasteiger partial charge in [0.1, 0.15) is 17.2 Å². The van der Waals surface area contributed by atoms with E-state index < -0.39 is 23.1 Å². The van der Waals surface area contributed by atoms with Crippen molar-refractivity contribution in [2.75, 3.05) is 5.33 Å². The van der Waals surface area contributed by atoms with Gasteiger partial charge in [-0.05, 0) is 24.5 Å². The molecule has 0 aliphatic carbocycles. The Balaban J connectivity index is 2.94. The molecule has 1 aromatic rings. The Morgan fingerprint density at radius 1 is 1.32 bits per heavy atom. The molecule has 0 aliphatic heterocycles. The second-order valence-corrected chi connectivity index (χ2v) is 6.25. The lowest BCUT2D eigenvalue weighted by atomic mass is 10.0. The van der Waals surface area contributed by atoms with Crippen molar-refractivity contribution in [3.8, 4) is 0 Å². The van der Waals surface area contributed by atoms with Crippen molar-refractivity contribution in [2.24, 2.45) is 5.92 Å². The molecule has 1 aromatic carbocycles. The summed E-state index contributed by atoms with van der Waals surface area (Å²) in [7, 11) is 0. The monoisotopic (exact) mass is 397 g/mol. The maximum absolute atomic E-state index is 13.7.